The highest BCUT2D eigenvalue weighted by Gasteiger charge is 2.40. The highest BCUT2D eigenvalue weighted by Crippen LogP contribution is 2.32. The molecular formula is C18H14F2N2O4. The van der Waals surface area contributed by atoms with Gasteiger partial charge in [-0.05, 0) is 18.2 Å². The van der Waals surface area contributed by atoms with Crippen LogP contribution in [-0.4, -0.2) is 41.2 Å². The van der Waals surface area contributed by atoms with E-state index in [0.717, 1.165) is 17.0 Å². The summed E-state index contributed by atoms with van der Waals surface area (Å²) in [5.41, 5.74) is 1.06. The lowest BCUT2D eigenvalue weighted by Crippen LogP contribution is -2.37. The summed E-state index contributed by atoms with van der Waals surface area (Å²) in [5, 5.41) is 10.3. The number of nitrogens with zero attached hydrogens (tertiary/aromatic N) is 2. The molecule has 2 aliphatic rings. The predicted octanol–water partition coefficient (Wildman–Crippen LogP) is 2.44. The first-order chi connectivity index (χ1) is 12.5. The number of cyclic esters (lactones) is 1. The van der Waals surface area contributed by atoms with Gasteiger partial charge < -0.3 is 14.7 Å². The Kier molecular flexibility index (Phi) is 3.84. The van der Waals surface area contributed by atoms with E-state index >= 15 is 0 Å². The average Bonchev–Trinajstić information content (AvgIpc) is 3.11. The van der Waals surface area contributed by atoms with Crippen LogP contribution in [-0.2, 0) is 4.74 Å². The third-order valence-corrected chi connectivity index (χ3v) is 4.51. The van der Waals surface area contributed by atoms with Crippen molar-refractivity contribution in [2.45, 2.75) is 12.3 Å². The first-order valence-electron chi connectivity index (χ1n) is 7.97. The molecule has 4 rings (SSSR count). The van der Waals surface area contributed by atoms with Crippen molar-refractivity contribution in [1.82, 2.24) is 4.90 Å². The molecule has 8 heteroatoms. The maximum Gasteiger partial charge on any atom is 0.414 e. The largest absolute Gasteiger partial charge is 0.442 e. The SMILES string of the molecule is O=C1OC(CN2C(=O)c3ccccc3C2O)CN1c1ccc(F)c(F)c1. The van der Waals surface area contributed by atoms with E-state index in [1.165, 1.54) is 11.0 Å². The van der Waals surface area contributed by atoms with Gasteiger partial charge in [0.25, 0.3) is 5.91 Å². The Bertz CT molecular complexity index is 905. The van der Waals surface area contributed by atoms with E-state index in [1.807, 2.05) is 0 Å². The number of carbonyl (C=O) groups excluding carboxylic acids is 2. The van der Waals surface area contributed by atoms with E-state index in [1.54, 1.807) is 24.3 Å². The highest BCUT2D eigenvalue weighted by atomic mass is 19.2. The van der Waals surface area contributed by atoms with Crippen LogP contribution >= 0.6 is 0 Å². The molecule has 1 saturated heterocycles. The molecule has 1 N–H and O–H groups in total. The van der Waals surface area contributed by atoms with Crippen molar-refractivity contribution in [3.63, 3.8) is 0 Å². The second-order valence-electron chi connectivity index (χ2n) is 6.13. The van der Waals surface area contributed by atoms with Crippen molar-refractivity contribution in [3.05, 3.63) is 65.2 Å². The van der Waals surface area contributed by atoms with Gasteiger partial charge in [-0.15, -0.1) is 0 Å². The standard InChI is InChI=1S/C18H14F2N2O4/c19-14-6-5-10(7-15(14)20)21-8-11(26-18(21)25)9-22-16(23)12-3-1-2-4-13(12)17(22)24/h1-7,11,16,23H,8-9H2. The number of hydrogen-bond acceptors (Lipinski definition) is 4. The molecule has 2 amide bonds. The maximum atomic E-state index is 13.4. The van der Waals surface area contributed by atoms with Gasteiger partial charge in [-0.25, -0.2) is 13.6 Å². The third kappa shape index (κ3) is 2.59. The monoisotopic (exact) mass is 360 g/mol. The summed E-state index contributed by atoms with van der Waals surface area (Å²) in [5.74, 6) is -2.43. The molecule has 26 heavy (non-hydrogen) atoms. The fraction of sp³-hybridized carbons (Fsp3) is 0.222. The summed E-state index contributed by atoms with van der Waals surface area (Å²) < 4.78 is 31.7. The molecule has 0 radical (unpaired) electrons. The van der Waals surface area contributed by atoms with Crippen molar-refractivity contribution in [2.24, 2.45) is 0 Å². The van der Waals surface area contributed by atoms with Crippen molar-refractivity contribution in [2.75, 3.05) is 18.0 Å². The summed E-state index contributed by atoms with van der Waals surface area (Å²) in [6, 6.07) is 9.81. The molecule has 2 heterocycles. The molecule has 2 unspecified atom stereocenters. The number of fused-ring (bicyclic) bond motifs is 1. The minimum atomic E-state index is -1.12. The van der Waals surface area contributed by atoms with Crippen molar-refractivity contribution in [3.8, 4) is 0 Å². The molecule has 0 aliphatic carbocycles. The zero-order valence-electron chi connectivity index (χ0n) is 13.4. The van der Waals surface area contributed by atoms with Gasteiger partial charge in [-0.2, -0.15) is 0 Å². The summed E-state index contributed by atoms with van der Waals surface area (Å²) in [7, 11) is 0. The van der Waals surface area contributed by atoms with Gasteiger partial charge >= 0.3 is 6.09 Å². The molecule has 134 valence electrons. The lowest BCUT2D eigenvalue weighted by molar-refractivity contribution is 0.000329. The fourth-order valence-electron chi connectivity index (χ4n) is 3.23. The smallest absolute Gasteiger partial charge is 0.414 e. The molecule has 2 atom stereocenters. The van der Waals surface area contributed by atoms with E-state index < -0.39 is 30.1 Å². The molecule has 0 saturated carbocycles. The van der Waals surface area contributed by atoms with Crippen molar-refractivity contribution >= 4 is 17.7 Å². The molecule has 2 aromatic carbocycles. The molecule has 0 aromatic heterocycles. The number of ether oxygens (including phenoxy) is 1. The summed E-state index contributed by atoms with van der Waals surface area (Å²) >= 11 is 0. The summed E-state index contributed by atoms with van der Waals surface area (Å²) in [6.45, 7) is 0.0390. The first-order valence-corrected chi connectivity index (χ1v) is 7.97. The van der Waals surface area contributed by atoms with E-state index in [0.29, 0.717) is 11.1 Å². The number of amides is 2. The van der Waals surface area contributed by atoms with Gasteiger partial charge in [0, 0.05) is 17.2 Å². The number of rotatable bonds is 3. The zero-order chi connectivity index (χ0) is 18.4. The van der Waals surface area contributed by atoms with E-state index in [2.05, 4.69) is 0 Å². The van der Waals surface area contributed by atoms with E-state index in [-0.39, 0.29) is 24.7 Å². The van der Waals surface area contributed by atoms with Gasteiger partial charge in [0.15, 0.2) is 17.9 Å². The molecule has 0 spiro atoms. The van der Waals surface area contributed by atoms with Gasteiger partial charge in [-0.1, -0.05) is 18.2 Å². The molecular weight excluding hydrogens is 346 g/mol. The lowest BCUT2D eigenvalue weighted by Gasteiger charge is -2.23. The van der Waals surface area contributed by atoms with Crippen LogP contribution in [0.25, 0.3) is 0 Å². The molecule has 2 aromatic rings. The minimum Gasteiger partial charge on any atom is -0.442 e. The number of benzene rings is 2. The van der Waals surface area contributed by atoms with Crippen LogP contribution in [0, 0.1) is 11.6 Å². The molecule has 1 fully saturated rings. The minimum absolute atomic E-state index is 0.0133. The van der Waals surface area contributed by atoms with Crippen LogP contribution in [0.5, 0.6) is 0 Å². The summed E-state index contributed by atoms with van der Waals surface area (Å²) in [6.07, 6.45) is -2.54. The Morgan fingerprint density at radius 1 is 1.12 bits per heavy atom. The van der Waals surface area contributed by atoms with Gasteiger partial charge in [-0.3, -0.25) is 9.69 Å². The maximum absolute atomic E-state index is 13.4. The van der Waals surface area contributed by atoms with Crippen LogP contribution in [0.15, 0.2) is 42.5 Å². The van der Waals surface area contributed by atoms with Crippen LogP contribution in [0.4, 0.5) is 19.3 Å². The fourth-order valence-corrected chi connectivity index (χ4v) is 3.23. The Balaban J connectivity index is 1.50. The van der Waals surface area contributed by atoms with E-state index in [4.69, 9.17) is 4.74 Å². The van der Waals surface area contributed by atoms with Gasteiger partial charge in [0.2, 0.25) is 0 Å². The van der Waals surface area contributed by atoms with Crippen LogP contribution < -0.4 is 4.90 Å². The number of anilines is 1. The number of halogens is 2. The van der Waals surface area contributed by atoms with Gasteiger partial charge in [0.05, 0.1) is 18.8 Å². The predicted molar refractivity (Wildman–Crippen MR) is 86.4 cm³/mol. The zero-order valence-corrected chi connectivity index (χ0v) is 13.4. The van der Waals surface area contributed by atoms with Crippen molar-refractivity contribution in [1.29, 1.82) is 0 Å². The van der Waals surface area contributed by atoms with Crippen LogP contribution in [0.2, 0.25) is 0 Å². The number of aliphatic hydroxyl groups is 1. The number of aliphatic hydroxyl groups excluding tert-OH is 1. The second kappa shape index (κ2) is 6.06. The Labute approximate surface area is 147 Å². The number of hydrogen-bond donors (Lipinski definition) is 1. The quantitative estimate of drug-likeness (QED) is 0.913. The average molecular weight is 360 g/mol. The van der Waals surface area contributed by atoms with Crippen LogP contribution in [0.3, 0.4) is 0 Å². The number of carbonyl (C=O) groups is 2. The molecule has 6 nitrogen and oxygen atoms in total. The topological polar surface area (TPSA) is 70.1 Å². The van der Waals surface area contributed by atoms with Crippen LogP contribution in [0.1, 0.15) is 22.1 Å². The lowest BCUT2D eigenvalue weighted by atomic mass is 10.1. The Morgan fingerprint density at radius 2 is 1.88 bits per heavy atom. The van der Waals surface area contributed by atoms with Crippen molar-refractivity contribution < 1.29 is 28.2 Å². The van der Waals surface area contributed by atoms with Gasteiger partial charge in [0.1, 0.15) is 6.10 Å². The third-order valence-electron chi connectivity index (χ3n) is 4.51. The highest BCUT2D eigenvalue weighted by molar-refractivity contribution is 5.99. The molecule has 2 aliphatic heterocycles. The summed E-state index contributed by atoms with van der Waals surface area (Å²) in [4.78, 5) is 26.9. The normalized spacial score (nSPS) is 22.0. The Morgan fingerprint density at radius 3 is 2.62 bits per heavy atom. The second-order valence-corrected chi connectivity index (χ2v) is 6.13. The Hall–Kier alpha value is -3.00. The first kappa shape index (κ1) is 16.5. The van der Waals surface area contributed by atoms with E-state index in [9.17, 15) is 23.5 Å². The molecule has 0 bridgehead atoms.